The highest BCUT2D eigenvalue weighted by Gasteiger charge is 2.06. The van der Waals surface area contributed by atoms with E-state index in [0.717, 1.165) is 29.9 Å². The zero-order chi connectivity index (χ0) is 13.2. The molecule has 1 aromatic carbocycles. The molecule has 0 aliphatic carbocycles. The second kappa shape index (κ2) is 4.90. The van der Waals surface area contributed by atoms with E-state index in [1.54, 1.807) is 0 Å². The van der Waals surface area contributed by atoms with Crippen molar-refractivity contribution in [1.29, 1.82) is 0 Å². The van der Waals surface area contributed by atoms with Crippen LogP contribution in [0.15, 0.2) is 42.9 Å². The largest absolute Gasteiger partial charge is 0.392 e. The molecule has 0 fully saturated rings. The second-order valence-electron chi connectivity index (χ2n) is 4.62. The van der Waals surface area contributed by atoms with Crippen molar-refractivity contribution in [3.8, 4) is 0 Å². The number of fused-ring (bicyclic) bond motifs is 1. The molecular weight excluding hydrogens is 238 g/mol. The van der Waals surface area contributed by atoms with Crippen LogP contribution in [-0.2, 0) is 19.7 Å². The molecule has 0 saturated heterocycles. The number of aryl methyl sites for hydroxylation is 1. The summed E-state index contributed by atoms with van der Waals surface area (Å²) in [5.41, 5.74) is 2.11. The van der Waals surface area contributed by atoms with Crippen LogP contribution >= 0.6 is 0 Å². The van der Waals surface area contributed by atoms with E-state index in [0.29, 0.717) is 0 Å². The second-order valence-corrected chi connectivity index (χ2v) is 4.62. The van der Waals surface area contributed by atoms with E-state index in [4.69, 9.17) is 5.11 Å². The Bertz CT molecular complexity index is 696. The fourth-order valence-electron chi connectivity index (χ4n) is 2.42. The summed E-state index contributed by atoms with van der Waals surface area (Å²) >= 11 is 0. The first kappa shape index (κ1) is 12.0. The van der Waals surface area contributed by atoms with Crippen LogP contribution in [0.3, 0.4) is 0 Å². The van der Waals surface area contributed by atoms with Gasteiger partial charge in [0, 0.05) is 30.7 Å². The topological polar surface area (TPSA) is 43.0 Å². The first-order chi connectivity index (χ1) is 9.31. The van der Waals surface area contributed by atoms with E-state index in [1.807, 2.05) is 24.5 Å². The van der Waals surface area contributed by atoms with Crippen molar-refractivity contribution in [1.82, 2.24) is 14.1 Å². The molecule has 1 N–H and O–H groups in total. The lowest BCUT2D eigenvalue weighted by Crippen LogP contribution is -2.06. The van der Waals surface area contributed by atoms with Gasteiger partial charge in [0.2, 0.25) is 0 Å². The maximum atomic E-state index is 9.16. The van der Waals surface area contributed by atoms with Crippen LogP contribution < -0.4 is 0 Å². The van der Waals surface area contributed by atoms with Crippen LogP contribution in [0.2, 0.25) is 0 Å². The first-order valence-corrected chi connectivity index (χ1v) is 6.50. The predicted octanol–water partition coefficient (Wildman–Crippen LogP) is 2.40. The average molecular weight is 255 g/mol. The quantitative estimate of drug-likeness (QED) is 0.778. The molecule has 2 aromatic heterocycles. The SMILES string of the molecule is CCn1ccnc1Cn1ccc2cc(CO)ccc21. The standard InChI is InChI=1S/C15H17N3O/c1-2-17-8-6-16-15(17)10-18-7-5-13-9-12(11-19)3-4-14(13)18/h3-9,19H,2,10-11H2,1H3. The Kier molecular flexibility index (Phi) is 3.09. The van der Waals surface area contributed by atoms with Gasteiger partial charge in [0.15, 0.2) is 0 Å². The van der Waals surface area contributed by atoms with Crippen molar-refractivity contribution in [3.63, 3.8) is 0 Å². The fraction of sp³-hybridized carbons (Fsp3) is 0.267. The molecule has 3 rings (SSSR count). The smallest absolute Gasteiger partial charge is 0.128 e. The molecule has 0 atom stereocenters. The van der Waals surface area contributed by atoms with Crippen LogP contribution in [0.1, 0.15) is 18.3 Å². The summed E-state index contributed by atoms with van der Waals surface area (Å²) in [5.74, 6) is 1.06. The normalized spacial score (nSPS) is 11.3. The monoisotopic (exact) mass is 255 g/mol. The Morgan fingerprint density at radius 1 is 1.16 bits per heavy atom. The van der Waals surface area contributed by atoms with Crippen LogP contribution in [-0.4, -0.2) is 19.2 Å². The van der Waals surface area contributed by atoms with E-state index in [2.05, 4.69) is 39.4 Å². The molecule has 0 amide bonds. The molecule has 0 bridgehead atoms. The molecule has 0 saturated carbocycles. The van der Waals surface area contributed by atoms with E-state index in [-0.39, 0.29) is 6.61 Å². The summed E-state index contributed by atoms with van der Waals surface area (Å²) < 4.78 is 4.33. The predicted molar refractivity (Wildman–Crippen MR) is 74.9 cm³/mol. The number of imidazole rings is 1. The number of benzene rings is 1. The minimum Gasteiger partial charge on any atom is -0.392 e. The van der Waals surface area contributed by atoms with E-state index in [1.165, 1.54) is 5.52 Å². The van der Waals surface area contributed by atoms with E-state index >= 15 is 0 Å². The highest BCUT2D eigenvalue weighted by atomic mass is 16.3. The first-order valence-electron chi connectivity index (χ1n) is 6.50. The van der Waals surface area contributed by atoms with Gasteiger partial charge in [0.05, 0.1) is 13.2 Å². The van der Waals surface area contributed by atoms with Crippen LogP contribution in [0.5, 0.6) is 0 Å². The Morgan fingerprint density at radius 3 is 2.84 bits per heavy atom. The van der Waals surface area contributed by atoms with Gasteiger partial charge in [-0.25, -0.2) is 4.98 Å². The molecule has 19 heavy (non-hydrogen) atoms. The molecule has 0 radical (unpaired) electrons. The van der Waals surface area contributed by atoms with Gasteiger partial charge < -0.3 is 14.2 Å². The molecule has 4 heteroatoms. The molecular formula is C15H17N3O. The third-order valence-electron chi connectivity index (χ3n) is 3.47. The van der Waals surface area contributed by atoms with Crippen molar-refractivity contribution in [2.75, 3.05) is 0 Å². The van der Waals surface area contributed by atoms with Gasteiger partial charge >= 0.3 is 0 Å². The Hall–Kier alpha value is -2.07. The van der Waals surface area contributed by atoms with Crippen LogP contribution in [0, 0.1) is 0 Å². The summed E-state index contributed by atoms with van der Waals surface area (Å²) in [6.45, 7) is 3.90. The number of hydrogen-bond acceptors (Lipinski definition) is 2. The summed E-state index contributed by atoms with van der Waals surface area (Å²) in [5, 5.41) is 10.3. The molecule has 98 valence electrons. The number of hydrogen-bond donors (Lipinski definition) is 1. The molecule has 2 heterocycles. The van der Waals surface area contributed by atoms with Gasteiger partial charge in [-0.1, -0.05) is 6.07 Å². The summed E-state index contributed by atoms with van der Waals surface area (Å²) in [7, 11) is 0. The molecule has 0 spiro atoms. The van der Waals surface area contributed by atoms with Crippen molar-refractivity contribution >= 4 is 10.9 Å². The molecule has 3 aromatic rings. The molecule has 0 aliphatic heterocycles. The van der Waals surface area contributed by atoms with Crippen molar-refractivity contribution in [2.24, 2.45) is 0 Å². The van der Waals surface area contributed by atoms with Crippen molar-refractivity contribution in [2.45, 2.75) is 26.6 Å². The maximum absolute atomic E-state index is 9.16. The lowest BCUT2D eigenvalue weighted by atomic mass is 10.2. The Labute approximate surface area is 111 Å². The Morgan fingerprint density at radius 2 is 2.05 bits per heavy atom. The number of aromatic nitrogens is 3. The zero-order valence-electron chi connectivity index (χ0n) is 11.0. The summed E-state index contributed by atoms with van der Waals surface area (Å²) in [6, 6.07) is 8.12. The van der Waals surface area contributed by atoms with Gasteiger partial charge in [0.1, 0.15) is 5.82 Å². The number of rotatable bonds is 4. The zero-order valence-corrected chi connectivity index (χ0v) is 11.0. The molecule has 4 nitrogen and oxygen atoms in total. The van der Waals surface area contributed by atoms with Crippen LogP contribution in [0.25, 0.3) is 10.9 Å². The fourth-order valence-corrected chi connectivity index (χ4v) is 2.42. The van der Waals surface area contributed by atoms with E-state index in [9.17, 15) is 0 Å². The third kappa shape index (κ3) is 2.15. The number of nitrogens with zero attached hydrogens (tertiary/aromatic N) is 3. The highest BCUT2D eigenvalue weighted by Crippen LogP contribution is 2.18. The summed E-state index contributed by atoms with van der Waals surface area (Å²) in [6.07, 6.45) is 5.92. The van der Waals surface area contributed by atoms with Gasteiger partial charge in [-0.15, -0.1) is 0 Å². The molecule has 0 unspecified atom stereocenters. The number of aliphatic hydroxyl groups is 1. The van der Waals surface area contributed by atoms with E-state index < -0.39 is 0 Å². The lowest BCUT2D eigenvalue weighted by molar-refractivity contribution is 0.282. The average Bonchev–Trinajstić information content (AvgIpc) is 3.05. The van der Waals surface area contributed by atoms with Gasteiger partial charge in [-0.3, -0.25) is 0 Å². The van der Waals surface area contributed by atoms with Gasteiger partial charge in [-0.05, 0) is 36.1 Å². The minimum absolute atomic E-state index is 0.0847. The highest BCUT2D eigenvalue weighted by molar-refractivity contribution is 5.80. The van der Waals surface area contributed by atoms with Crippen molar-refractivity contribution in [3.05, 3.63) is 54.2 Å². The number of aliphatic hydroxyl groups excluding tert-OH is 1. The third-order valence-corrected chi connectivity index (χ3v) is 3.47. The van der Waals surface area contributed by atoms with Crippen LogP contribution in [0.4, 0.5) is 0 Å². The summed E-state index contributed by atoms with van der Waals surface area (Å²) in [4.78, 5) is 4.40. The Balaban J connectivity index is 1.97. The lowest BCUT2D eigenvalue weighted by Gasteiger charge is -2.07. The van der Waals surface area contributed by atoms with Gasteiger partial charge in [-0.2, -0.15) is 0 Å². The van der Waals surface area contributed by atoms with Gasteiger partial charge in [0.25, 0.3) is 0 Å². The maximum Gasteiger partial charge on any atom is 0.128 e. The van der Waals surface area contributed by atoms with Crippen molar-refractivity contribution < 1.29 is 5.11 Å². The minimum atomic E-state index is 0.0847. The molecule has 0 aliphatic rings.